The number of hydrogen-bond donors (Lipinski definition) is 1. The van der Waals surface area contributed by atoms with Gasteiger partial charge in [0, 0.05) is 31.9 Å². The second-order valence-corrected chi connectivity index (χ2v) is 5.39. The second-order valence-electron chi connectivity index (χ2n) is 5.39. The van der Waals surface area contributed by atoms with Crippen molar-refractivity contribution in [2.45, 2.75) is 39.2 Å². The minimum absolute atomic E-state index is 0.221. The summed E-state index contributed by atoms with van der Waals surface area (Å²) in [6.45, 7) is 9.96. The van der Waals surface area contributed by atoms with Crippen molar-refractivity contribution < 1.29 is 0 Å². The largest absolute Gasteiger partial charge is 0.367 e. The van der Waals surface area contributed by atoms with Crippen molar-refractivity contribution in [3.63, 3.8) is 0 Å². The Bertz CT molecular complexity index is 385. The number of rotatable bonds is 2. The van der Waals surface area contributed by atoms with E-state index < -0.39 is 0 Å². The molecule has 4 nitrogen and oxygen atoms in total. The van der Waals surface area contributed by atoms with Crippen LogP contribution in [0.15, 0.2) is 6.20 Å². The first-order chi connectivity index (χ1) is 8.04. The topological polar surface area (TPSA) is 33.1 Å². The molecule has 0 amide bonds. The first-order valence-corrected chi connectivity index (χ1v) is 6.54. The number of anilines is 1. The molecule has 96 valence electrons. The smallest absolute Gasteiger partial charge is 0.0827 e. The number of nitrogens with one attached hydrogen (secondary N) is 1. The van der Waals surface area contributed by atoms with Crippen LogP contribution in [0.1, 0.15) is 32.4 Å². The van der Waals surface area contributed by atoms with Crippen molar-refractivity contribution in [2.24, 2.45) is 7.05 Å². The molecule has 1 atom stereocenters. The summed E-state index contributed by atoms with van der Waals surface area (Å²) in [6.07, 6.45) is 4.49. The van der Waals surface area contributed by atoms with Gasteiger partial charge in [0.05, 0.1) is 11.4 Å². The van der Waals surface area contributed by atoms with E-state index >= 15 is 0 Å². The summed E-state index contributed by atoms with van der Waals surface area (Å²) in [5.74, 6) is 0. The molecule has 1 aliphatic rings. The van der Waals surface area contributed by atoms with Crippen LogP contribution in [0, 0.1) is 6.92 Å². The Kier molecular flexibility index (Phi) is 3.43. The molecule has 0 saturated carbocycles. The van der Waals surface area contributed by atoms with Crippen LogP contribution >= 0.6 is 0 Å². The quantitative estimate of drug-likeness (QED) is 0.848. The summed E-state index contributed by atoms with van der Waals surface area (Å²) in [7, 11) is 1.99. The standard InChI is InChI=1S/C13H24N4/c1-5-13(3)10-17(8-6-7-14-13)12-9-16(4)15-11(12)2/h9,14H,5-8,10H2,1-4H3. The molecule has 1 aromatic heterocycles. The minimum atomic E-state index is 0.221. The summed E-state index contributed by atoms with van der Waals surface area (Å²) in [5, 5.41) is 8.11. The van der Waals surface area contributed by atoms with Gasteiger partial charge in [0.15, 0.2) is 0 Å². The maximum atomic E-state index is 4.45. The van der Waals surface area contributed by atoms with Gasteiger partial charge in [-0.25, -0.2) is 0 Å². The molecule has 1 fully saturated rings. The lowest BCUT2D eigenvalue weighted by Crippen LogP contribution is -2.48. The first-order valence-electron chi connectivity index (χ1n) is 6.54. The maximum Gasteiger partial charge on any atom is 0.0827 e. The number of nitrogens with zero attached hydrogens (tertiary/aromatic N) is 3. The van der Waals surface area contributed by atoms with Gasteiger partial charge in [-0.2, -0.15) is 5.10 Å². The Morgan fingerprint density at radius 2 is 2.29 bits per heavy atom. The van der Waals surface area contributed by atoms with E-state index in [0.29, 0.717) is 0 Å². The fourth-order valence-corrected chi connectivity index (χ4v) is 2.56. The average molecular weight is 236 g/mol. The fourth-order valence-electron chi connectivity index (χ4n) is 2.56. The zero-order valence-electron chi connectivity index (χ0n) is 11.5. The monoisotopic (exact) mass is 236 g/mol. The molecule has 1 aromatic rings. The highest BCUT2D eigenvalue weighted by molar-refractivity contribution is 5.49. The molecule has 4 heteroatoms. The first kappa shape index (κ1) is 12.4. The van der Waals surface area contributed by atoms with Gasteiger partial charge in [-0.05, 0) is 33.2 Å². The average Bonchev–Trinajstić information content (AvgIpc) is 2.50. The Morgan fingerprint density at radius 3 is 2.88 bits per heavy atom. The van der Waals surface area contributed by atoms with Gasteiger partial charge in [0.1, 0.15) is 0 Å². The lowest BCUT2D eigenvalue weighted by molar-refractivity contribution is 0.366. The van der Waals surface area contributed by atoms with Crippen molar-refractivity contribution in [3.05, 3.63) is 11.9 Å². The van der Waals surface area contributed by atoms with Crippen LogP contribution in [0.4, 0.5) is 5.69 Å². The van der Waals surface area contributed by atoms with E-state index in [1.807, 2.05) is 11.7 Å². The lowest BCUT2D eigenvalue weighted by Gasteiger charge is -2.33. The normalized spacial score (nSPS) is 26.0. The van der Waals surface area contributed by atoms with Gasteiger partial charge in [-0.3, -0.25) is 4.68 Å². The molecule has 2 heterocycles. The number of hydrogen-bond acceptors (Lipinski definition) is 3. The van der Waals surface area contributed by atoms with Gasteiger partial charge in [0.2, 0.25) is 0 Å². The molecule has 17 heavy (non-hydrogen) atoms. The van der Waals surface area contributed by atoms with E-state index in [2.05, 4.69) is 42.3 Å². The maximum absolute atomic E-state index is 4.45. The molecule has 1 unspecified atom stereocenters. The highest BCUT2D eigenvalue weighted by Crippen LogP contribution is 2.23. The van der Waals surface area contributed by atoms with Gasteiger partial charge >= 0.3 is 0 Å². The summed E-state index contributed by atoms with van der Waals surface area (Å²) in [5.41, 5.74) is 2.64. The van der Waals surface area contributed by atoms with Crippen LogP contribution in [0.5, 0.6) is 0 Å². The van der Waals surface area contributed by atoms with Gasteiger partial charge in [-0.15, -0.1) is 0 Å². The summed E-state index contributed by atoms with van der Waals surface area (Å²) < 4.78 is 1.91. The number of aryl methyl sites for hydroxylation is 2. The van der Waals surface area contributed by atoms with E-state index in [4.69, 9.17) is 0 Å². The highest BCUT2D eigenvalue weighted by atomic mass is 15.3. The van der Waals surface area contributed by atoms with Crippen LogP contribution in [0.25, 0.3) is 0 Å². The SMILES string of the molecule is CCC1(C)CN(c2cn(C)nc2C)CCCN1. The summed E-state index contributed by atoms with van der Waals surface area (Å²) >= 11 is 0. The van der Waals surface area contributed by atoms with Crippen molar-refractivity contribution in [1.29, 1.82) is 0 Å². The molecule has 0 aliphatic carbocycles. The highest BCUT2D eigenvalue weighted by Gasteiger charge is 2.28. The Labute approximate surface area is 104 Å². The van der Waals surface area contributed by atoms with E-state index in [0.717, 1.165) is 31.7 Å². The summed E-state index contributed by atoms with van der Waals surface area (Å²) in [4.78, 5) is 2.48. The van der Waals surface area contributed by atoms with Crippen LogP contribution in [-0.2, 0) is 7.05 Å². The minimum Gasteiger partial charge on any atom is -0.367 e. The molecule has 0 aromatic carbocycles. The zero-order chi connectivity index (χ0) is 12.5. The zero-order valence-corrected chi connectivity index (χ0v) is 11.5. The second kappa shape index (κ2) is 4.69. The van der Waals surface area contributed by atoms with Gasteiger partial charge < -0.3 is 10.2 Å². The molecule has 1 saturated heterocycles. The predicted molar refractivity (Wildman–Crippen MR) is 71.5 cm³/mol. The third kappa shape index (κ3) is 2.63. The molecule has 0 spiro atoms. The van der Waals surface area contributed by atoms with E-state index in [1.165, 1.54) is 12.1 Å². The van der Waals surface area contributed by atoms with Crippen LogP contribution < -0.4 is 10.2 Å². The van der Waals surface area contributed by atoms with E-state index in [1.54, 1.807) is 0 Å². The van der Waals surface area contributed by atoms with Gasteiger partial charge in [0.25, 0.3) is 0 Å². The summed E-state index contributed by atoms with van der Waals surface area (Å²) in [6, 6.07) is 0. The predicted octanol–water partition coefficient (Wildman–Crippen LogP) is 1.70. The van der Waals surface area contributed by atoms with Crippen molar-refractivity contribution in [1.82, 2.24) is 15.1 Å². The molecular weight excluding hydrogens is 212 g/mol. The Morgan fingerprint density at radius 1 is 1.53 bits per heavy atom. The van der Waals surface area contributed by atoms with Crippen LogP contribution in [0.2, 0.25) is 0 Å². The van der Waals surface area contributed by atoms with Crippen molar-refractivity contribution in [3.8, 4) is 0 Å². The molecular formula is C13H24N4. The van der Waals surface area contributed by atoms with Crippen molar-refractivity contribution >= 4 is 5.69 Å². The molecule has 0 radical (unpaired) electrons. The van der Waals surface area contributed by atoms with Crippen LogP contribution in [0.3, 0.4) is 0 Å². The molecule has 2 rings (SSSR count). The Balaban J connectivity index is 2.22. The van der Waals surface area contributed by atoms with E-state index in [-0.39, 0.29) is 5.54 Å². The molecule has 1 aliphatic heterocycles. The molecule has 0 bridgehead atoms. The third-order valence-electron chi connectivity index (χ3n) is 3.80. The van der Waals surface area contributed by atoms with Crippen molar-refractivity contribution in [2.75, 3.05) is 24.5 Å². The Hall–Kier alpha value is -1.03. The third-order valence-corrected chi connectivity index (χ3v) is 3.80. The van der Waals surface area contributed by atoms with Crippen LogP contribution in [-0.4, -0.2) is 35.0 Å². The fraction of sp³-hybridized carbons (Fsp3) is 0.769. The number of aromatic nitrogens is 2. The molecule has 1 N–H and O–H groups in total. The van der Waals surface area contributed by atoms with Gasteiger partial charge in [-0.1, -0.05) is 6.92 Å². The lowest BCUT2D eigenvalue weighted by atomic mass is 9.98. The van der Waals surface area contributed by atoms with E-state index in [9.17, 15) is 0 Å².